The van der Waals surface area contributed by atoms with Crippen LogP contribution in [-0.2, 0) is 19.4 Å². The average molecular weight is 251 g/mol. The van der Waals surface area contributed by atoms with E-state index in [4.69, 9.17) is 11.5 Å². The Kier molecular flexibility index (Phi) is 3.71. The number of hydrogen-bond donors (Lipinski definition) is 2. The number of nitrogens with two attached hydrogens (primary N) is 2. The minimum atomic E-state index is -0.234. The molecule has 90 valence electrons. The maximum Gasteiger partial charge on any atom is 0.180 e. The zero-order valence-electron chi connectivity index (χ0n) is 9.32. The molecule has 0 fully saturated rings. The average Bonchev–Trinajstić information content (AvgIpc) is 2.73. The lowest BCUT2D eigenvalue weighted by atomic mass is 10.1. The van der Waals surface area contributed by atoms with Crippen LogP contribution in [0.1, 0.15) is 16.8 Å². The smallest absolute Gasteiger partial charge is 0.180 e. The van der Waals surface area contributed by atoms with Crippen molar-refractivity contribution in [2.75, 3.05) is 5.73 Å². The Morgan fingerprint density at radius 1 is 1.29 bits per heavy atom. The van der Waals surface area contributed by atoms with Crippen LogP contribution in [0, 0.1) is 5.82 Å². The van der Waals surface area contributed by atoms with Gasteiger partial charge in [-0.25, -0.2) is 9.37 Å². The van der Waals surface area contributed by atoms with Crippen LogP contribution in [-0.4, -0.2) is 4.98 Å². The number of benzene rings is 1. The van der Waals surface area contributed by atoms with Crippen LogP contribution in [0.15, 0.2) is 23.6 Å². The molecule has 0 aliphatic heterocycles. The van der Waals surface area contributed by atoms with E-state index in [-0.39, 0.29) is 12.4 Å². The zero-order chi connectivity index (χ0) is 12.3. The van der Waals surface area contributed by atoms with Crippen LogP contribution in [0.3, 0.4) is 0 Å². The van der Waals surface area contributed by atoms with E-state index < -0.39 is 0 Å². The van der Waals surface area contributed by atoms with Gasteiger partial charge < -0.3 is 11.5 Å². The molecule has 0 radical (unpaired) electrons. The molecule has 5 heteroatoms. The molecule has 0 saturated carbocycles. The fraction of sp³-hybridized carbons (Fsp3) is 0.250. The van der Waals surface area contributed by atoms with Gasteiger partial charge in [-0.15, -0.1) is 11.3 Å². The SMILES string of the molecule is NCc1ccc(CCc2csc(N)n2)cc1F. The minimum absolute atomic E-state index is 0.231. The van der Waals surface area contributed by atoms with Gasteiger partial charge in [0.05, 0.1) is 5.69 Å². The molecule has 0 saturated heterocycles. The number of nitrogens with zero attached hydrogens (tertiary/aromatic N) is 1. The highest BCUT2D eigenvalue weighted by molar-refractivity contribution is 7.13. The van der Waals surface area contributed by atoms with Gasteiger partial charge in [-0.2, -0.15) is 0 Å². The summed E-state index contributed by atoms with van der Waals surface area (Å²) in [6.07, 6.45) is 1.53. The fourth-order valence-corrected chi connectivity index (χ4v) is 2.22. The van der Waals surface area contributed by atoms with E-state index in [9.17, 15) is 4.39 Å². The first-order chi connectivity index (χ1) is 8.19. The van der Waals surface area contributed by atoms with Gasteiger partial charge in [0, 0.05) is 17.5 Å². The topological polar surface area (TPSA) is 64.9 Å². The molecule has 1 heterocycles. The Labute approximate surface area is 103 Å². The number of anilines is 1. The first-order valence-corrected chi connectivity index (χ1v) is 6.24. The Balaban J connectivity index is 2.02. The van der Waals surface area contributed by atoms with Gasteiger partial charge in [-0.05, 0) is 24.5 Å². The molecule has 3 nitrogen and oxygen atoms in total. The lowest BCUT2D eigenvalue weighted by Crippen LogP contribution is -2.01. The third-order valence-electron chi connectivity index (χ3n) is 2.58. The van der Waals surface area contributed by atoms with Crippen molar-refractivity contribution in [3.8, 4) is 0 Å². The number of aryl methyl sites for hydroxylation is 2. The largest absolute Gasteiger partial charge is 0.375 e. The standard InChI is InChI=1S/C12H14FN3S/c13-11-5-8(1-3-9(11)6-14)2-4-10-7-17-12(15)16-10/h1,3,5,7H,2,4,6,14H2,(H2,15,16). The predicted octanol–water partition coefficient (Wildman–Crippen LogP) is 2.11. The second-order valence-electron chi connectivity index (χ2n) is 3.81. The summed E-state index contributed by atoms with van der Waals surface area (Å²) in [5.74, 6) is -0.234. The Morgan fingerprint density at radius 3 is 2.71 bits per heavy atom. The Bertz CT molecular complexity index is 510. The lowest BCUT2D eigenvalue weighted by Gasteiger charge is -2.03. The van der Waals surface area contributed by atoms with Crippen molar-refractivity contribution < 1.29 is 4.39 Å². The molecular formula is C12H14FN3S. The van der Waals surface area contributed by atoms with Gasteiger partial charge in [0.15, 0.2) is 5.13 Å². The molecule has 0 spiro atoms. The van der Waals surface area contributed by atoms with E-state index in [2.05, 4.69) is 4.98 Å². The molecule has 1 aromatic carbocycles. The van der Waals surface area contributed by atoms with E-state index >= 15 is 0 Å². The normalized spacial score (nSPS) is 10.7. The number of thiazole rings is 1. The highest BCUT2D eigenvalue weighted by Gasteiger charge is 2.04. The minimum Gasteiger partial charge on any atom is -0.375 e. The first-order valence-electron chi connectivity index (χ1n) is 5.36. The van der Waals surface area contributed by atoms with Crippen molar-refractivity contribution in [1.82, 2.24) is 4.98 Å². The highest BCUT2D eigenvalue weighted by Crippen LogP contribution is 2.15. The zero-order valence-corrected chi connectivity index (χ0v) is 10.1. The summed E-state index contributed by atoms with van der Waals surface area (Å²) in [7, 11) is 0. The van der Waals surface area contributed by atoms with Gasteiger partial charge in [-0.1, -0.05) is 12.1 Å². The summed E-state index contributed by atoms with van der Waals surface area (Å²) in [4.78, 5) is 4.16. The maximum absolute atomic E-state index is 13.5. The van der Waals surface area contributed by atoms with Crippen molar-refractivity contribution in [2.24, 2.45) is 5.73 Å². The number of rotatable bonds is 4. The summed E-state index contributed by atoms with van der Waals surface area (Å²) in [5, 5.41) is 2.50. The first kappa shape index (κ1) is 12.0. The van der Waals surface area contributed by atoms with Crippen LogP contribution >= 0.6 is 11.3 Å². The molecule has 2 aromatic rings. The van der Waals surface area contributed by atoms with Gasteiger partial charge in [0.1, 0.15) is 5.82 Å². The van der Waals surface area contributed by atoms with E-state index in [0.29, 0.717) is 10.7 Å². The number of aromatic nitrogens is 1. The Morgan fingerprint density at radius 2 is 2.12 bits per heavy atom. The van der Waals surface area contributed by atoms with E-state index in [1.54, 1.807) is 6.07 Å². The molecule has 0 atom stereocenters. The second-order valence-corrected chi connectivity index (χ2v) is 4.70. The third kappa shape index (κ3) is 3.01. The molecule has 0 bridgehead atoms. The maximum atomic E-state index is 13.5. The molecule has 4 N–H and O–H groups in total. The summed E-state index contributed by atoms with van der Waals surface area (Å²) >= 11 is 1.42. The van der Waals surface area contributed by atoms with Crippen LogP contribution in [0.4, 0.5) is 9.52 Å². The highest BCUT2D eigenvalue weighted by atomic mass is 32.1. The van der Waals surface area contributed by atoms with Crippen molar-refractivity contribution in [3.63, 3.8) is 0 Å². The predicted molar refractivity (Wildman–Crippen MR) is 68.2 cm³/mol. The quantitative estimate of drug-likeness (QED) is 0.874. The van der Waals surface area contributed by atoms with Crippen LogP contribution in [0.25, 0.3) is 0 Å². The van der Waals surface area contributed by atoms with Crippen molar-refractivity contribution in [3.05, 3.63) is 46.2 Å². The third-order valence-corrected chi connectivity index (χ3v) is 3.30. The van der Waals surface area contributed by atoms with Crippen molar-refractivity contribution >= 4 is 16.5 Å². The second kappa shape index (κ2) is 5.25. The molecule has 17 heavy (non-hydrogen) atoms. The molecule has 1 aromatic heterocycles. The van der Waals surface area contributed by atoms with Crippen LogP contribution in [0.5, 0.6) is 0 Å². The summed E-state index contributed by atoms with van der Waals surface area (Å²) in [6.45, 7) is 0.231. The van der Waals surface area contributed by atoms with E-state index in [0.717, 1.165) is 24.1 Å². The van der Waals surface area contributed by atoms with E-state index in [1.165, 1.54) is 17.4 Å². The van der Waals surface area contributed by atoms with Crippen molar-refractivity contribution in [2.45, 2.75) is 19.4 Å². The summed E-state index contributed by atoms with van der Waals surface area (Å²) < 4.78 is 13.5. The van der Waals surface area contributed by atoms with E-state index in [1.807, 2.05) is 11.4 Å². The molecule has 0 aliphatic carbocycles. The number of halogens is 1. The molecule has 2 rings (SSSR count). The Hall–Kier alpha value is -1.46. The molecule has 0 aliphatic rings. The molecule has 0 unspecified atom stereocenters. The molecule has 0 amide bonds. The van der Waals surface area contributed by atoms with Gasteiger partial charge in [-0.3, -0.25) is 0 Å². The number of nitrogen functional groups attached to an aromatic ring is 1. The van der Waals surface area contributed by atoms with Crippen LogP contribution in [0.2, 0.25) is 0 Å². The van der Waals surface area contributed by atoms with Crippen LogP contribution < -0.4 is 11.5 Å². The number of hydrogen-bond acceptors (Lipinski definition) is 4. The van der Waals surface area contributed by atoms with Gasteiger partial charge in [0.2, 0.25) is 0 Å². The monoisotopic (exact) mass is 251 g/mol. The summed E-state index contributed by atoms with van der Waals surface area (Å²) in [5.41, 5.74) is 13.4. The lowest BCUT2D eigenvalue weighted by molar-refractivity contribution is 0.608. The summed E-state index contributed by atoms with van der Waals surface area (Å²) in [6, 6.07) is 5.18. The van der Waals surface area contributed by atoms with Gasteiger partial charge >= 0.3 is 0 Å². The molecular weight excluding hydrogens is 237 g/mol. The van der Waals surface area contributed by atoms with Crippen molar-refractivity contribution in [1.29, 1.82) is 0 Å². The fourth-order valence-electron chi connectivity index (χ4n) is 1.62. The van der Waals surface area contributed by atoms with Gasteiger partial charge in [0.25, 0.3) is 0 Å².